The molecule has 2 unspecified atom stereocenters. The number of nitrogens with zero attached hydrogens (tertiary/aromatic N) is 1. The highest BCUT2D eigenvalue weighted by molar-refractivity contribution is 5.66. The van der Waals surface area contributed by atoms with Crippen LogP contribution in [0.3, 0.4) is 0 Å². The molecule has 98 valence electrons. The summed E-state index contributed by atoms with van der Waals surface area (Å²) < 4.78 is 5.61. The van der Waals surface area contributed by atoms with Gasteiger partial charge < -0.3 is 9.84 Å². The highest BCUT2D eigenvalue weighted by Gasteiger charge is 2.32. The molecule has 2 aliphatic rings. The minimum absolute atomic E-state index is 0.327. The Hall–Kier alpha value is -0.610. The van der Waals surface area contributed by atoms with Gasteiger partial charge in [0.25, 0.3) is 0 Å². The molecule has 2 aliphatic heterocycles. The third kappa shape index (κ3) is 3.42. The molecule has 4 nitrogen and oxygen atoms in total. The predicted octanol–water partition coefficient (Wildman–Crippen LogP) is 1.74. The Morgan fingerprint density at radius 1 is 1.35 bits per heavy atom. The number of rotatable bonds is 4. The standard InChI is InChI=1S/C13H23NO3/c1-10-12(6-9-17-10)14-7-4-11(5-8-14)2-3-13(15)16/h10-12H,2-9H2,1H3,(H,15,16). The van der Waals surface area contributed by atoms with Gasteiger partial charge in [0.05, 0.1) is 6.10 Å². The maximum Gasteiger partial charge on any atom is 0.303 e. The van der Waals surface area contributed by atoms with Crippen molar-refractivity contribution in [2.24, 2.45) is 5.92 Å². The third-order valence-corrected chi connectivity index (χ3v) is 4.22. The zero-order valence-corrected chi connectivity index (χ0v) is 10.6. The molecule has 2 heterocycles. The highest BCUT2D eigenvalue weighted by atomic mass is 16.5. The van der Waals surface area contributed by atoms with E-state index in [9.17, 15) is 4.79 Å². The van der Waals surface area contributed by atoms with E-state index in [1.807, 2.05) is 0 Å². The van der Waals surface area contributed by atoms with Gasteiger partial charge in [0.15, 0.2) is 0 Å². The van der Waals surface area contributed by atoms with Crippen LogP contribution in [0.1, 0.15) is 39.0 Å². The number of ether oxygens (including phenoxy) is 1. The van der Waals surface area contributed by atoms with Crippen molar-refractivity contribution < 1.29 is 14.6 Å². The monoisotopic (exact) mass is 241 g/mol. The molecule has 2 fully saturated rings. The molecular formula is C13H23NO3. The van der Waals surface area contributed by atoms with E-state index in [1.165, 1.54) is 0 Å². The van der Waals surface area contributed by atoms with Crippen LogP contribution >= 0.6 is 0 Å². The van der Waals surface area contributed by atoms with E-state index in [-0.39, 0.29) is 0 Å². The largest absolute Gasteiger partial charge is 0.481 e. The van der Waals surface area contributed by atoms with Crippen LogP contribution in [0.2, 0.25) is 0 Å². The second kappa shape index (κ2) is 5.83. The van der Waals surface area contributed by atoms with Crippen LogP contribution in [0.4, 0.5) is 0 Å². The van der Waals surface area contributed by atoms with Gasteiger partial charge in [0.1, 0.15) is 0 Å². The molecule has 0 bridgehead atoms. The van der Waals surface area contributed by atoms with Crippen molar-refractivity contribution in [1.29, 1.82) is 0 Å². The molecule has 0 radical (unpaired) electrons. The summed E-state index contributed by atoms with van der Waals surface area (Å²) >= 11 is 0. The van der Waals surface area contributed by atoms with Gasteiger partial charge in [-0.3, -0.25) is 9.69 Å². The second-order valence-electron chi connectivity index (χ2n) is 5.34. The molecule has 0 aliphatic carbocycles. The minimum atomic E-state index is -0.662. The molecule has 2 atom stereocenters. The van der Waals surface area contributed by atoms with Crippen LogP contribution < -0.4 is 0 Å². The topological polar surface area (TPSA) is 49.8 Å². The number of piperidine rings is 1. The summed E-state index contributed by atoms with van der Waals surface area (Å²) in [5.41, 5.74) is 0. The molecule has 0 aromatic heterocycles. The normalized spacial score (nSPS) is 31.8. The number of likely N-dealkylation sites (tertiary alicyclic amines) is 1. The van der Waals surface area contributed by atoms with Crippen LogP contribution in [-0.2, 0) is 9.53 Å². The van der Waals surface area contributed by atoms with E-state index >= 15 is 0 Å². The van der Waals surface area contributed by atoms with Gasteiger partial charge in [-0.15, -0.1) is 0 Å². The van der Waals surface area contributed by atoms with Gasteiger partial charge in [-0.25, -0.2) is 0 Å². The number of hydrogen-bond acceptors (Lipinski definition) is 3. The first kappa shape index (κ1) is 12.8. The van der Waals surface area contributed by atoms with Crippen LogP contribution in [0.5, 0.6) is 0 Å². The highest BCUT2D eigenvalue weighted by Crippen LogP contribution is 2.27. The predicted molar refractivity (Wildman–Crippen MR) is 65.0 cm³/mol. The fourth-order valence-corrected chi connectivity index (χ4v) is 3.10. The van der Waals surface area contributed by atoms with Gasteiger partial charge in [-0.2, -0.15) is 0 Å². The lowest BCUT2D eigenvalue weighted by molar-refractivity contribution is -0.137. The first-order valence-electron chi connectivity index (χ1n) is 6.74. The summed E-state index contributed by atoms with van der Waals surface area (Å²) in [4.78, 5) is 13.1. The summed E-state index contributed by atoms with van der Waals surface area (Å²) in [5.74, 6) is -0.0507. The molecule has 0 spiro atoms. The zero-order valence-electron chi connectivity index (χ0n) is 10.6. The first-order valence-corrected chi connectivity index (χ1v) is 6.74. The van der Waals surface area contributed by atoms with Crippen molar-refractivity contribution in [2.45, 2.75) is 51.2 Å². The second-order valence-corrected chi connectivity index (χ2v) is 5.34. The number of carbonyl (C=O) groups is 1. The smallest absolute Gasteiger partial charge is 0.303 e. The zero-order chi connectivity index (χ0) is 12.3. The number of carboxylic acid groups (broad SMARTS) is 1. The van der Waals surface area contributed by atoms with Gasteiger partial charge in [-0.05, 0) is 51.6 Å². The Balaban J connectivity index is 1.72. The first-order chi connectivity index (χ1) is 8.16. The van der Waals surface area contributed by atoms with Crippen molar-refractivity contribution in [3.05, 3.63) is 0 Å². The Bertz CT molecular complexity index is 261. The Labute approximate surface area is 103 Å². The summed E-state index contributed by atoms with van der Waals surface area (Å²) in [6.45, 7) is 5.28. The lowest BCUT2D eigenvalue weighted by Crippen LogP contribution is -2.44. The van der Waals surface area contributed by atoms with E-state index in [4.69, 9.17) is 9.84 Å². The lowest BCUT2D eigenvalue weighted by atomic mass is 9.91. The molecule has 1 N–H and O–H groups in total. The molecule has 2 rings (SSSR count). The number of aliphatic carboxylic acids is 1. The van der Waals surface area contributed by atoms with Crippen LogP contribution in [0.25, 0.3) is 0 Å². The van der Waals surface area contributed by atoms with Crippen LogP contribution in [0, 0.1) is 5.92 Å². The van der Waals surface area contributed by atoms with E-state index in [2.05, 4.69) is 11.8 Å². The van der Waals surface area contributed by atoms with Crippen molar-refractivity contribution in [2.75, 3.05) is 19.7 Å². The van der Waals surface area contributed by atoms with E-state index in [0.717, 1.165) is 45.4 Å². The molecular weight excluding hydrogens is 218 g/mol. The van der Waals surface area contributed by atoms with Gasteiger partial charge in [0, 0.05) is 19.1 Å². The van der Waals surface area contributed by atoms with Gasteiger partial charge >= 0.3 is 5.97 Å². The average Bonchev–Trinajstić information content (AvgIpc) is 2.73. The van der Waals surface area contributed by atoms with Crippen molar-refractivity contribution in [3.63, 3.8) is 0 Å². The fraction of sp³-hybridized carbons (Fsp3) is 0.923. The molecule has 17 heavy (non-hydrogen) atoms. The Morgan fingerprint density at radius 2 is 2.06 bits per heavy atom. The van der Waals surface area contributed by atoms with Crippen LogP contribution in [-0.4, -0.2) is 47.8 Å². The summed E-state index contributed by atoms with van der Waals surface area (Å²) in [5, 5.41) is 8.68. The maximum absolute atomic E-state index is 10.5. The van der Waals surface area contributed by atoms with E-state index in [0.29, 0.717) is 24.5 Å². The van der Waals surface area contributed by atoms with Gasteiger partial charge in [0.2, 0.25) is 0 Å². The number of hydrogen-bond donors (Lipinski definition) is 1. The molecule has 4 heteroatoms. The third-order valence-electron chi connectivity index (χ3n) is 4.22. The minimum Gasteiger partial charge on any atom is -0.481 e. The Kier molecular flexibility index (Phi) is 4.40. The van der Waals surface area contributed by atoms with E-state index < -0.39 is 5.97 Å². The SMILES string of the molecule is CC1OCCC1N1CCC(CCC(=O)O)CC1. The maximum atomic E-state index is 10.5. The van der Waals surface area contributed by atoms with Crippen molar-refractivity contribution in [1.82, 2.24) is 4.90 Å². The molecule has 0 amide bonds. The fourth-order valence-electron chi connectivity index (χ4n) is 3.10. The van der Waals surface area contributed by atoms with E-state index in [1.54, 1.807) is 0 Å². The molecule has 0 aromatic rings. The molecule has 0 aromatic carbocycles. The lowest BCUT2D eigenvalue weighted by Gasteiger charge is -2.37. The quantitative estimate of drug-likeness (QED) is 0.814. The van der Waals surface area contributed by atoms with Gasteiger partial charge in [-0.1, -0.05) is 0 Å². The van der Waals surface area contributed by atoms with Crippen LogP contribution in [0.15, 0.2) is 0 Å². The summed E-state index contributed by atoms with van der Waals surface area (Å²) in [6.07, 6.45) is 4.99. The average molecular weight is 241 g/mol. The summed E-state index contributed by atoms with van der Waals surface area (Å²) in [6, 6.07) is 0.593. The van der Waals surface area contributed by atoms with Crippen molar-refractivity contribution >= 4 is 5.97 Å². The molecule has 2 saturated heterocycles. The summed E-state index contributed by atoms with van der Waals surface area (Å²) in [7, 11) is 0. The molecule has 0 saturated carbocycles. The Morgan fingerprint density at radius 3 is 2.59 bits per heavy atom. The number of carboxylic acids is 1. The van der Waals surface area contributed by atoms with Crippen molar-refractivity contribution in [3.8, 4) is 0 Å².